The zero-order valence-electron chi connectivity index (χ0n) is 9.00. The molecule has 0 spiro atoms. The summed E-state index contributed by atoms with van der Waals surface area (Å²) in [4.78, 5) is 0. The molecule has 0 aliphatic rings. The number of nitrogens with one attached hydrogen (secondary N) is 1. The number of halogens is 1. The van der Waals surface area contributed by atoms with Crippen LogP contribution in [0.5, 0.6) is 0 Å². The van der Waals surface area contributed by atoms with E-state index >= 15 is 0 Å². The van der Waals surface area contributed by atoms with Crippen LogP contribution < -0.4 is 11.3 Å². The molecule has 0 aliphatic heterocycles. The van der Waals surface area contributed by atoms with Gasteiger partial charge in [-0.1, -0.05) is 0 Å². The molecule has 0 saturated carbocycles. The molecule has 0 amide bonds. The van der Waals surface area contributed by atoms with Crippen LogP contribution in [0.25, 0.3) is 0 Å². The summed E-state index contributed by atoms with van der Waals surface area (Å²) in [5.74, 6) is 6.32. The summed E-state index contributed by atoms with van der Waals surface area (Å²) in [6.07, 6.45) is 3.68. The molecular weight excluding hydrogens is 260 g/mol. The Labute approximate surface area is 98.3 Å². The van der Waals surface area contributed by atoms with Crippen LogP contribution in [0.4, 0.5) is 0 Å². The molecular formula is C10H17BrN2O2. The Morgan fingerprint density at radius 1 is 1.60 bits per heavy atom. The molecule has 0 radical (unpaired) electrons. The number of rotatable bonds is 6. The molecule has 0 saturated heterocycles. The quantitative estimate of drug-likeness (QED) is 0.619. The van der Waals surface area contributed by atoms with Crippen molar-refractivity contribution >= 4 is 15.9 Å². The van der Waals surface area contributed by atoms with Crippen molar-refractivity contribution in [3.8, 4) is 0 Å². The maximum atomic E-state index is 5.49. The molecule has 5 heteroatoms. The van der Waals surface area contributed by atoms with Crippen LogP contribution in [0, 0.1) is 0 Å². The predicted molar refractivity (Wildman–Crippen MR) is 62.2 cm³/mol. The lowest BCUT2D eigenvalue weighted by atomic mass is 10.1. The third-order valence-corrected chi connectivity index (χ3v) is 3.08. The van der Waals surface area contributed by atoms with Crippen LogP contribution >= 0.6 is 15.9 Å². The smallest absolute Gasteiger partial charge is 0.136 e. The van der Waals surface area contributed by atoms with E-state index in [-0.39, 0.29) is 12.1 Å². The van der Waals surface area contributed by atoms with Crippen LogP contribution in [-0.2, 0) is 4.74 Å². The second kappa shape index (κ2) is 6.27. The molecule has 2 atom stereocenters. The lowest BCUT2D eigenvalue weighted by Gasteiger charge is -2.16. The van der Waals surface area contributed by atoms with Gasteiger partial charge in [0.2, 0.25) is 0 Å². The SMILES string of the molecule is COC(C)CCC(NN)c1occc1Br. The molecule has 0 bridgehead atoms. The van der Waals surface area contributed by atoms with Gasteiger partial charge >= 0.3 is 0 Å². The van der Waals surface area contributed by atoms with E-state index in [1.54, 1.807) is 13.4 Å². The number of nitrogens with two attached hydrogens (primary N) is 1. The monoisotopic (exact) mass is 276 g/mol. The second-order valence-electron chi connectivity index (χ2n) is 3.48. The van der Waals surface area contributed by atoms with Gasteiger partial charge in [0.05, 0.1) is 22.9 Å². The highest BCUT2D eigenvalue weighted by Crippen LogP contribution is 2.27. The van der Waals surface area contributed by atoms with Gasteiger partial charge in [-0.2, -0.15) is 0 Å². The molecule has 0 aliphatic carbocycles. The third kappa shape index (κ3) is 3.61. The molecule has 1 rings (SSSR count). The molecule has 0 aromatic carbocycles. The molecule has 86 valence electrons. The van der Waals surface area contributed by atoms with Gasteiger partial charge < -0.3 is 9.15 Å². The Balaban J connectivity index is 2.53. The van der Waals surface area contributed by atoms with E-state index < -0.39 is 0 Å². The Bertz CT molecular complexity index is 291. The first kappa shape index (κ1) is 12.7. The maximum Gasteiger partial charge on any atom is 0.136 e. The van der Waals surface area contributed by atoms with Crippen molar-refractivity contribution < 1.29 is 9.15 Å². The molecule has 2 unspecified atom stereocenters. The number of hydrazine groups is 1. The Hall–Kier alpha value is -0.360. The summed E-state index contributed by atoms with van der Waals surface area (Å²) < 4.78 is 11.5. The first-order valence-corrected chi connectivity index (χ1v) is 5.70. The fourth-order valence-corrected chi connectivity index (χ4v) is 1.84. The molecule has 1 heterocycles. The number of ether oxygens (including phenoxy) is 1. The summed E-state index contributed by atoms with van der Waals surface area (Å²) in [5.41, 5.74) is 2.75. The fourth-order valence-electron chi connectivity index (χ4n) is 1.36. The minimum absolute atomic E-state index is 0.0203. The lowest BCUT2D eigenvalue weighted by molar-refractivity contribution is 0.105. The maximum absolute atomic E-state index is 5.49. The van der Waals surface area contributed by atoms with E-state index in [2.05, 4.69) is 21.4 Å². The summed E-state index contributed by atoms with van der Waals surface area (Å²) in [5, 5.41) is 0. The van der Waals surface area contributed by atoms with Crippen LogP contribution in [0.1, 0.15) is 31.6 Å². The zero-order chi connectivity index (χ0) is 11.3. The van der Waals surface area contributed by atoms with Gasteiger partial charge in [-0.05, 0) is 41.8 Å². The average Bonchev–Trinajstić information content (AvgIpc) is 2.65. The fraction of sp³-hybridized carbons (Fsp3) is 0.600. The largest absolute Gasteiger partial charge is 0.466 e. The highest BCUT2D eigenvalue weighted by molar-refractivity contribution is 9.10. The van der Waals surface area contributed by atoms with Crippen molar-refractivity contribution in [3.05, 3.63) is 22.6 Å². The van der Waals surface area contributed by atoms with Crippen molar-refractivity contribution in [1.82, 2.24) is 5.43 Å². The minimum atomic E-state index is 0.0203. The number of hydrogen-bond acceptors (Lipinski definition) is 4. The minimum Gasteiger partial charge on any atom is -0.466 e. The van der Waals surface area contributed by atoms with Gasteiger partial charge in [0.15, 0.2) is 0 Å². The van der Waals surface area contributed by atoms with Crippen molar-refractivity contribution in [2.45, 2.75) is 31.9 Å². The molecule has 15 heavy (non-hydrogen) atoms. The first-order valence-electron chi connectivity index (χ1n) is 4.90. The number of methoxy groups -OCH3 is 1. The highest BCUT2D eigenvalue weighted by atomic mass is 79.9. The summed E-state index contributed by atoms with van der Waals surface area (Å²) >= 11 is 3.41. The van der Waals surface area contributed by atoms with Gasteiger partial charge in [0, 0.05) is 7.11 Å². The van der Waals surface area contributed by atoms with Crippen molar-refractivity contribution in [2.75, 3.05) is 7.11 Å². The van der Waals surface area contributed by atoms with Gasteiger partial charge in [0.25, 0.3) is 0 Å². The van der Waals surface area contributed by atoms with Gasteiger partial charge in [0.1, 0.15) is 5.76 Å². The van der Waals surface area contributed by atoms with Crippen molar-refractivity contribution in [1.29, 1.82) is 0 Å². The van der Waals surface area contributed by atoms with Crippen LogP contribution in [-0.4, -0.2) is 13.2 Å². The Morgan fingerprint density at radius 3 is 2.80 bits per heavy atom. The van der Waals surface area contributed by atoms with Crippen molar-refractivity contribution in [3.63, 3.8) is 0 Å². The summed E-state index contributed by atoms with van der Waals surface area (Å²) in [7, 11) is 1.71. The highest BCUT2D eigenvalue weighted by Gasteiger charge is 2.17. The van der Waals surface area contributed by atoms with Gasteiger partial charge in [-0.3, -0.25) is 5.84 Å². The van der Waals surface area contributed by atoms with Gasteiger partial charge in [-0.15, -0.1) is 0 Å². The molecule has 4 nitrogen and oxygen atoms in total. The van der Waals surface area contributed by atoms with E-state index in [0.717, 1.165) is 23.1 Å². The molecule has 3 N–H and O–H groups in total. The van der Waals surface area contributed by atoms with Crippen LogP contribution in [0.2, 0.25) is 0 Å². The summed E-state index contributed by atoms with van der Waals surface area (Å²) in [6.45, 7) is 2.03. The second-order valence-corrected chi connectivity index (χ2v) is 4.33. The van der Waals surface area contributed by atoms with E-state index in [9.17, 15) is 0 Å². The third-order valence-electron chi connectivity index (χ3n) is 2.43. The van der Waals surface area contributed by atoms with Crippen LogP contribution in [0.3, 0.4) is 0 Å². The van der Waals surface area contributed by atoms with Crippen molar-refractivity contribution in [2.24, 2.45) is 5.84 Å². The normalized spacial score (nSPS) is 15.2. The van der Waals surface area contributed by atoms with E-state index in [0.29, 0.717) is 0 Å². The lowest BCUT2D eigenvalue weighted by Crippen LogP contribution is -2.28. The van der Waals surface area contributed by atoms with E-state index in [1.165, 1.54) is 0 Å². The first-order chi connectivity index (χ1) is 7.19. The Kier molecular flexibility index (Phi) is 5.31. The predicted octanol–water partition coefficient (Wildman–Crippen LogP) is 2.36. The topological polar surface area (TPSA) is 60.4 Å². The summed E-state index contributed by atoms with van der Waals surface area (Å²) in [6, 6.07) is 1.88. The standard InChI is InChI=1S/C10H17BrN2O2/c1-7(14-2)3-4-9(13-12)10-8(11)5-6-15-10/h5-7,9,13H,3-4,12H2,1-2H3. The molecule has 0 fully saturated rings. The van der Waals surface area contributed by atoms with E-state index in [1.807, 2.05) is 13.0 Å². The number of furan rings is 1. The average molecular weight is 277 g/mol. The van der Waals surface area contributed by atoms with Gasteiger partial charge in [-0.25, -0.2) is 5.43 Å². The molecule has 1 aromatic heterocycles. The molecule has 1 aromatic rings. The zero-order valence-corrected chi connectivity index (χ0v) is 10.6. The van der Waals surface area contributed by atoms with Crippen LogP contribution in [0.15, 0.2) is 21.2 Å². The number of hydrogen-bond donors (Lipinski definition) is 2. The Morgan fingerprint density at radius 2 is 2.33 bits per heavy atom. The van der Waals surface area contributed by atoms with E-state index in [4.69, 9.17) is 15.0 Å².